The zero-order valence-corrected chi connectivity index (χ0v) is 19.3. The maximum atomic E-state index is 12.7. The fourth-order valence-corrected chi connectivity index (χ4v) is 3.62. The minimum Gasteiger partial charge on any atom is -0.471 e. The van der Waals surface area contributed by atoms with Crippen LogP contribution in [0.4, 0.5) is 0 Å². The Morgan fingerprint density at radius 3 is 2.17 bits per heavy atom. The molecule has 152 valence electrons. The van der Waals surface area contributed by atoms with Crippen LogP contribution in [-0.4, -0.2) is 11.1 Å². The normalized spacial score (nSPS) is 12.0. The van der Waals surface area contributed by atoms with Crippen molar-refractivity contribution in [1.29, 1.82) is 0 Å². The van der Waals surface area contributed by atoms with E-state index in [0.29, 0.717) is 18.2 Å². The summed E-state index contributed by atoms with van der Waals surface area (Å²) in [5, 5.41) is 3.95. The average molecular weight is 523 g/mol. The molecular formula is C22H21Br2NO4. The Morgan fingerprint density at radius 1 is 1.00 bits per heavy atom. The summed E-state index contributed by atoms with van der Waals surface area (Å²) >= 11 is 6.95. The molecule has 0 fully saturated rings. The van der Waals surface area contributed by atoms with Crippen molar-refractivity contribution in [2.75, 3.05) is 0 Å². The molecule has 3 aromatic rings. The van der Waals surface area contributed by atoms with E-state index in [4.69, 9.17) is 14.0 Å². The van der Waals surface area contributed by atoms with Crippen molar-refractivity contribution in [2.45, 2.75) is 33.0 Å². The lowest BCUT2D eigenvalue weighted by Gasteiger charge is -2.16. The highest BCUT2D eigenvalue weighted by Crippen LogP contribution is 2.30. The predicted molar refractivity (Wildman–Crippen MR) is 116 cm³/mol. The lowest BCUT2D eigenvalue weighted by Crippen LogP contribution is -2.20. The Kier molecular flexibility index (Phi) is 7.50. The van der Waals surface area contributed by atoms with E-state index in [9.17, 15) is 4.79 Å². The van der Waals surface area contributed by atoms with Gasteiger partial charge in [0.05, 0.1) is 0 Å². The maximum absolute atomic E-state index is 12.7. The number of hydrogen-bond donors (Lipinski definition) is 0. The smallest absolute Gasteiger partial charge is 0.317 e. The minimum absolute atomic E-state index is 0.0224. The van der Waals surface area contributed by atoms with Gasteiger partial charge in [-0.1, -0.05) is 82.1 Å². The molecule has 0 amide bonds. The highest BCUT2D eigenvalue weighted by molar-refractivity contribution is 9.10. The van der Waals surface area contributed by atoms with Crippen LogP contribution in [0.3, 0.4) is 0 Å². The summed E-state index contributed by atoms with van der Waals surface area (Å²) in [5.74, 6) is -0.180. The molecule has 0 spiro atoms. The fraction of sp³-hybridized carbons (Fsp3) is 0.273. The second kappa shape index (κ2) is 10.1. The molecule has 0 aliphatic heterocycles. The van der Waals surface area contributed by atoms with Crippen LogP contribution in [0.15, 0.2) is 68.1 Å². The molecule has 0 bridgehead atoms. The van der Waals surface area contributed by atoms with Gasteiger partial charge in [-0.2, -0.15) is 0 Å². The zero-order valence-electron chi connectivity index (χ0n) is 16.1. The number of ether oxygens (including phenoxy) is 2. The van der Waals surface area contributed by atoms with Crippen LogP contribution in [0, 0.1) is 5.92 Å². The number of carbonyl (C=O) groups is 1. The Bertz CT molecular complexity index is 971. The summed E-state index contributed by atoms with van der Waals surface area (Å²) in [6.07, 6.45) is 0. The Balaban J connectivity index is 1.65. The Hall–Kier alpha value is -2.12. The van der Waals surface area contributed by atoms with Gasteiger partial charge in [0, 0.05) is 26.1 Å². The molecule has 29 heavy (non-hydrogen) atoms. The number of carbonyl (C=O) groups excluding carboxylic acids is 1. The Labute approximate surface area is 186 Å². The largest absolute Gasteiger partial charge is 0.471 e. The molecule has 0 saturated carbocycles. The highest BCUT2D eigenvalue weighted by atomic mass is 79.9. The van der Waals surface area contributed by atoms with E-state index in [0.717, 1.165) is 20.1 Å². The van der Waals surface area contributed by atoms with Crippen LogP contribution in [0.2, 0.25) is 0 Å². The number of hydrogen-bond acceptors (Lipinski definition) is 5. The first kappa shape index (κ1) is 21.6. The molecule has 2 aromatic carbocycles. The van der Waals surface area contributed by atoms with Gasteiger partial charge in [0.1, 0.15) is 19.1 Å². The SMILES string of the molecule is CC(C)C(C(=O)OCc1ccccc1Br)c1cc(OCc2ccccc2Br)no1. The van der Waals surface area contributed by atoms with E-state index < -0.39 is 5.92 Å². The molecule has 1 heterocycles. The molecule has 3 rings (SSSR count). The number of esters is 1. The molecule has 0 aliphatic carbocycles. The van der Waals surface area contributed by atoms with Gasteiger partial charge in [0.25, 0.3) is 5.88 Å². The fourth-order valence-electron chi connectivity index (χ4n) is 2.82. The van der Waals surface area contributed by atoms with Gasteiger partial charge in [0.2, 0.25) is 0 Å². The zero-order chi connectivity index (χ0) is 20.8. The van der Waals surface area contributed by atoms with Crippen LogP contribution in [0.1, 0.15) is 36.7 Å². The second-order valence-electron chi connectivity index (χ2n) is 6.87. The molecule has 0 N–H and O–H groups in total. The number of rotatable bonds is 8. The number of nitrogens with zero attached hydrogens (tertiary/aromatic N) is 1. The van der Waals surface area contributed by atoms with Crippen LogP contribution < -0.4 is 4.74 Å². The van der Waals surface area contributed by atoms with E-state index in [1.165, 1.54) is 0 Å². The topological polar surface area (TPSA) is 61.6 Å². The van der Waals surface area contributed by atoms with E-state index in [1.807, 2.05) is 62.4 Å². The summed E-state index contributed by atoms with van der Waals surface area (Å²) in [7, 11) is 0. The van der Waals surface area contributed by atoms with Gasteiger partial charge >= 0.3 is 5.97 Å². The van der Waals surface area contributed by atoms with Gasteiger partial charge in [-0.3, -0.25) is 4.79 Å². The summed E-state index contributed by atoms with van der Waals surface area (Å²) in [4.78, 5) is 12.7. The predicted octanol–water partition coefficient (Wildman–Crippen LogP) is 6.26. The number of aromatic nitrogens is 1. The van der Waals surface area contributed by atoms with Crippen molar-refractivity contribution < 1.29 is 18.8 Å². The van der Waals surface area contributed by atoms with Gasteiger partial charge < -0.3 is 14.0 Å². The third kappa shape index (κ3) is 5.70. The average Bonchev–Trinajstić information content (AvgIpc) is 3.15. The van der Waals surface area contributed by atoms with Crippen molar-refractivity contribution >= 4 is 37.8 Å². The summed E-state index contributed by atoms with van der Waals surface area (Å²) in [5.41, 5.74) is 1.89. The van der Waals surface area contributed by atoms with Crippen molar-refractivity contribution in [3.8, 4) is 5.88 Å². The summed E-state index contributed by atoms with van der Waals surface area (Å²) < 4.78 is 18.5. The number of benzene rings is 2. The molecule has 0 radical (unpaired) electrons. The minimum atomic E-state index is -0.564. The van der Waals surface area contributed by atoms with Crippen molar-refractivity contribution in [3.63, 3.8) is 0 Å². The van der Waals surface area contributed by atoms with Crippen molar-refractivity contribution in [3.05, 3.63) is 80.4 Å². The molecule has 0 aliphatic rings. The molecule has 1 aromatic heterocycles. The lowest BCUT2D eigenvalue weighted by molar-refractivity contribution is -0.148. The van der Waals surface area contributed by atoms with E-state index in [1.54, 1.807) is 6.07 Å². The number of halogens is 2. The molecular weight excluding hydrogens is 502 g/mol. The van der Waals surface area contributed by atoms with Gasteiger partial charge in [-0.05, 0) is 23.2 Å². The second-order valence-corrected chi connectivity index (χ2v) is 8.58. The van der Waals surface area contributed by atoms with E-state index in [2.05, 4.69) is 37.0 Å². The lowest BCUT2D eigenvalue weighted by atomic mass is 9.93. The summed E-state index contributed by atoms with van der Waals surface area (Å²) in [6.45, 7) is 4.40. The standard InChI is InChI=1S/C22H21Br2NO4/c1-14(2)21(22(26)28-13-16-8-4-6-10-18(16)24)19-11-20(25-29-19)27-12-15-7-3-5-9-17(15)23/h3-11,14,21H,12-13H2,1-2H3. The first-order chi connectivity index (χ1) is 14.0. The summed E-state index contributed by atoms with van der Waals surface area (Å²) in [6, 6.07) is 17.1. The van der Waals surface area contributed by atoms with Gasteiger partial charge in [-0.25, -0.2) is 0 Å². The van der Waals surface area contributed by atoms with Gasteiger partial charge in [0.15, 0.2) is 5.76 Å². The van der Waals surface area contributed by atoms with Crippen molar-refractivity contribution in [1.82, 2.24) is 5.16 Å². The molecule has 0 saturated heterocycles. The van der Waals surface area contributed by atoms with Crippen LogP contribution in [0.25, 0.3) is 0 Å². The quantitative estimate of drug-likeness (QED) is 0.326. The van der Waals surface area contributed by atoms with Crippen LogP contribution in [-0.2, 0) is 22.7 Å². The first-order valence-electron chi connectivity index (χ1n) is 9.18. The van der Waals surface area contributed by atoms with Crippen LogP contribution >= 0.6 is 31.9 Å². The van der Waals surface area contributed by atoms with Crippen LogP contribution in [0.5, 0.6) is 5.88 Å². The third-order valence-corrected chi connectivity index (χ3v) is 5.94. The first-order valence-corrected chi connectivity index (χ1v) is 10.8. The monoisotopic (exact) mass is 521 g/mol. The highest BCUT2D eigenvalue weighted by Gasteiger charge is 2.30. The molecule has 1 unspecified atom stereocenters. The van der Waals surface area contributed by atoms with Gasteiger partial charge in [-0.15, -0.1) is 0 Å². The Morgan fingerprint density at radius 2 is 1.59 bits per heavy atom. The van der Waals surface area contributed by atoms with E-state index in [-0.39, 0.29) is 18.5 Å². The van der Waals surface area contributed by atoms with E-state index >= 15 is 0 Å². The molecule has 7 heteroatoms. The molecule has 1 atom stereocenters. The molecule has 5 nitrogen and oxygen atoms in total. The van der Waals surface area contributed by atoms with Crippen molar-refractivity contribution in [2.24, 2.45) is 5.92 Å². The third-order valence-electron chi connectivity index (χ3n) is 4.40. The maximum Gasteiger partial charge on any atom is 0.317 e.